The van der Waals surface area contributed by atoms with E-state index >= 15 is 0 Å². The van der Waals surface area contributed by atoms with Gasteiger partial charge in [0, 0.05) is 13.5 Å². The van der Waals surface area contributed by atoms with Crippen molar-refractivity contribution in [2.75, 3.05) is 20.7 Å². The number of carbonyl (C=O) groups is 2. The second kappa shape index (κ2) is 10.5. The zero-order valence-corrected chi connectivity index (χ0v) is 20.6. The summed E-state index contributed by atoms with van der Waals surface area (Å²) in [5.41, 5.74) is 4.85. The minimum absolute atomic E-state index is 0.218. The Morgan fingerprint density at radius 1 is 1.27 bits per heavy atom. The molecule has 1 aromatic carbocycles. The van der Waals surface area contributed by atoms with Gasteiger partial charge in [0.1, 0.15) is 6.04 Å². The molecule has 0 heterocycles. The van der Waals surface area contributed by atoms with Gasteiger partial charge in [0.05, 0.1) is 25.8 Å². The summed E-state index contributed by atoms with van der Waals surface area (Å²) in [5.74, 6) is -0.467. The van der Waals surface area contributed by atoms with E-state index in [1.54, 1.807) is 20.0 Å². The first-order chi connectivity index (χ1) is 15.3. The maximum atomic E-state index is 13.1. The van der Waals surface area contributed by atoms with Gasteiger partial charge in [-0.3, -0.25) is 15.0 Å². The van der Waals surface area contributed by atoms with Crippen LogP contribution in [0.1, 0.15) is 51.8 Å². The molecule has 5 N–H and O–H groups in total. The quantitative estimate of drug-likeness (QED) is 0.274. The first-order valence-electron chi connectivity index (χ1n) is 11.1. The number of ether oxygens (including phenoxy) is 1. The molecule has 184 valence electrons. The number of nitrogens with zero attached hydrogens (tertiary/aromatic N) is 1. The molecule has 9 heteroatoms. The second-order valence-corrected chi connectivity index (χ2v) is 9.75. The summed E-state index contributed by atoms with van der Waals surface area (Å²) in [6.07, 6.45) is 1.42. The average Bonchev–Trinajstić information content (AvgIpc) is 3.07. The number of benzene rings is 1. The standard InChI is InChI=1S/C24H38N4O5/c1-8-18(33-7)26-20(23(2,3)4)21(30)27-25-14-24(5,32)22(31)28(6)19-16-12-10-9-11-15(16)13-17(19)29/h8-12,17,19-20,25-26,29,32H,13-14H2,1-7H3,(H,27,30)/b18-8-/t17-,19+,20-,24+/m1/s1. The van der Waals surface area contributed by atoms with Gasteiger partial charge in [0.2, 0.25) is 0 Å². The van der Waals surface area contributed by atoms with Crippen LogP contribution in [-0.4, -0.2) is 65.4 Å². The van der Waals surface area contributed by atoms with Gasteiger partial charge in [-0.05, 0) is 36.5 Å². The first kappa shape index (κ1) is 26.6. The number of aliphatic hydroxyl groups excluding tert-OH is 1. The van der Waals surface area contributed by atoms with Crippen LogP contribution in [0.4, 0.5) is 0 Å². The van der Waals surface area contributed by atoms with E-state index < -0.39 is 35.1 Å². The monoisotopic (exact) mass is 462 g/mol. The van der Waals surface area contributed by atoms with Crippen LogP contribution < -0.4 is 16.2 Å². The largest absolute Gasteiger partial charge is 0.483 e. The summed E-state index contributed by atoms with van der Waals surface area (Å²) in [6, 6.07) is 6.38. The maximum Gasteiger partial charge on any atom is 0.257 e. The molecule has 0 spiro atoms. The molecule has 1 aromatic rings. The normalized spacial score (nSPS) is 20.9. The molecular formula is C24H38N4O5. The Kier molecular flexibility index (Phi) is 8.51. The number of rotatable bonds is 9. The molecule has 0 aliphatic heterocycles. The Morgan fingerprint density at radius 2 is 1.91 bits per heavy atom. The van der Waals surface area contributed by atoms with E-state index in [1.807, 2.05) is 45.0 Å². The van der Waals surface area contributed by atoms with Crippen LogP contribution in [0.15, 0.2) is 36.2 Å². The van der Waals surface area contributed by atoms with Gasteiger partial charge in [-0.25, -0.2) is 5.43 Å². The lowest BCUT2D eigenvalue weighted by Crippen LogP contribution is -2.59. The Hall–Kier alpha value is -2.62. The Morgan fingerprint density at radius 3 is 2.48 bits per heavy atom. The number of nitrogens with one attached hydrogen (secondary N) is 3. The predicted octanol–water partition coefficient (Wildman–Crippen LogP) is 0.987. The molecule has 9 nitrogen and oxygen atoms in total. The van der Waals surface area contributed by atoms with Crippen molar-refractivity contribution >= 4 is 11.8 Å². The van der Waals surface area contributed by atoms with E-state index in [2.05, 4.69) is 16.2 Å². The van der Waals surface area contributed by atoms with Crippen LogP contribution in [0.3, 0.4) is 0 Å². The Balaban J connectivity index is 2.02. The molecule has 0 bridgehead atoms. The highest BCUT2D eigenvalue weighted by molar-refractivity contribution is 5.85. The number of hydrazine groups is 1. The highest BCUT2D eigenvalue weighted by Gasteiger charge is 2.41. The van der Waals surface area contributed by atoms with Gasteiger partial charge >= 0.3 is 0 Å². The van der Waals surface area contributed by atoms with Crippen molar-refractivity contribution in [3.8, 4) is 0 Å². The van der Waals surface area contributed by atoms with E-state index in [1.165, 1.54) is 18.9 Å². The summed E-state index contributed by atoms with van der Waals surface area (Å²) in [5, 5.41) is 24.4. The van der Waals surface area contributed by atoms with Crippen molar-refractivity contribution < 1.29 is 24.5 Å². The molecule has 1 aliphatic rings. The molecule has 2 amide bonds. The van der Waals surface area contributed by atoms with Crippen molar-refractivity contribution in [1.29, 1.82) is 0 Å². The maximum absolute atomic E-state index is 13.1. The molecule has 0 aromatic heterocycles. The number of likely N-dealkylation sites (N-methyl/N-ethyl adjacent to an activating group) is 1. The number of amides is 2. The van der Waals surface area contributed by atoms with Crippen LogP contribution in [0, 0.1) is 5.41 Å². The van der Waals surface area contributed by atoms with E-state index in [4.69, 9.17) is 4.74 Å². The van der Waals surface area contributed by atoms with Crippen molar-refractivity contribution in [2.24, 2.45) is 5.41 Å². The average molecular weight is 463 g/mol. The zero-order valence-electron chi connectivity index (χ0n) is 20.6. The summed E-state index contributed by atoms with van der Waals surface area (Å²) >= 11 is 0. The molecule has 0 radical (unpaired) electrons. The molecule has 4 atom stereocenters. The number of allylic oxidation sites excluding steroid dienone is 1. The predicted molar refractivity (Wildman–Crippen MR) is 126 cm³/mol. The van der Waals surface area contributed by atoms with Gasteiger partial charge in [-0.1, -0.05) is 45.0 Å². The Labute approximate surface area is 196 Å². The van der Waals surface area contributed by atoms with E-state index in [-0.39, 0.29) is 12.5 Å². The summed E-state index contributed by atoms with van der Waals surface area (Å²) in [4.78, 5) is 27.3. The molecular weight excluding hydrogens is 424 g/mol. The summed E-state index contributed by atoms with van der Waals surface area (Å²) in [7, 11) is 3.07. The molecule has 1 aliphatic carbocycles. The third kappa shape index (κ3) is 6.25. The zero-order chi connectivity index (χ0) is 25.0. The van der Waals surface area contributed by atoms with E-state index in [0.717, 1.165) is 11.1 Å². The fourth-order valence-electron chi connectivity index (χ4n) is 4.05. The van der Waals surface area contributed by atoms with Gasteiger partial charge in [0.25, 0.3) is 11.8 Å². The SMILES string of the molecule is C/C=C(/N[C@H](C(=O)NNC[C@](C)(O)C(=O)N(C)[C@H]1c2ccccc2C[C@H]1O)C(C)(C)C)OC. The molecule has 0 saturated carbocycles. The minimum atomic E-state index is -1.81. The third-order valence-corrected chi connectivity index (χ3v) is 5.91. The third-order valence-electron chi connectivity index (χ3n) is 5.91. The highest BCUT2D eigenvalue weighted by atomic mass is 16.5. The fraction of sp³-hybridized carbons (Fsp3) is 0.583. The van der Waals surface area contributed by atoms with E-state index in [0.29, 0.717) is 12.3 Å². The van der Waals surface area contributed by atoms with Crippen molar-refractivity contribution in [2.45, 2.75) is 64.8 Å². The van der Waals surface area contributed by atoms with Crippen molar-refractivity contribution in [1.82, 2.24) is 21.1 Å². The highest BCUT2D eigenvalue weighted by Crippen LogP contribution is 2.36. The van der Waals surface area contributed by atoms with Crippen LogP contribution >= 0.6 is 0 Å². The number of fused-ring (bicyclic) bond motifs is 1. The van der Waals surface area contributed by atoms with Crippen LogP contribution in [-0.2, 0) is 20.7 Å². The molecule has 0 unspecified atom stereocenters. The van der Waals surface area contributed by atoms with Crippen LogP contribution in [0.2, 0.25) is 0 Å². The lowest BCUT2D eigenvalue weighted by molar-refractivity contribution is -0.152. The lowest BCUT2D eigenvalue weighted by Gasteiger charge is -2.35. The topological polar surface area (TPSA) is 123 Å². The number of aliphatic hydroxyl groups is 2. The lowest BCUT2D eigenvalue weighted by atomic mass is 9.86. The fourth-order valence-corrected chi connectivity index (χ4v) is 4.05. The van der Waals surface area contributed by atoms with Gasteiger partial charge in [-0.2, -0.15) is 0 Å². The van der Waals surface area contributed by atoms with E-state index in [9.17, 15) is 19.8 Å². The van der Waals surface area contributed by atoms with Crippen LogP contribution in [0.25, 0.3) is 0 Å². The van der Waals surface area contributed by atoms with Crippen molar-refractivity contribution in [3.63, 3.8) is 0 Å². The van der Waals surface area contributed by atoms with Crippen LogP contribution in [0.5, 0.6) is 0 Å². The van der Waals surface area contributed by atoms with Gasteiger partial charge < -0.3 is 25.2 Å². The van der Waals surface area contributed by atoms with Gasteiger partial charge in [0.15, 0.2) is 11.5 Å². The minimum Gasteiger partial charge on any atom is -0.483 e. The molecule has 2 rings (SSSR count). The smallest absolute Gasteiger partial charge is 0.257 e. The summed E-state index contributed by atoms with van der Waals surface area (Å²) in [6.45, 7) is 8.68. The number of methoxy groups -OCH3 is 1. The molecule has 33 heavy (non-hydrogen) atoms. The van der Waals surface area contributed by atoms with Gasteiger partial charge in [-0.15, -0.1) is 0 Å². The number of carbonyl (C=O) groups excluding carboxylic acids is 2. The molecule has 0 fully saturated rings. The number of hydrogen-bond donors (Lipinski definition) is 5. The second-order valence-electron chi connectivity index (χ2n) is 9.75. The summed E-state index contributed by atoms with van der Waals surface area (Å²) < 4.78 is 5.21. The first-order valence-corrected chi connectivity index (χ1v) is 11.1. The van der Waals surface area contributed by atoms with Crippen molar-refractivity contribution in [3.05, 3.63) is 47.4 Å². The molecule has 0 saturated heterocycles. The Bertz CT molecular complexity index is 878. The number of hydrogen-bond acceptors (Lipinski definition) is 7.